The number of rotatable bonds is 4. The van der Waals surface area contributed by atoms with Gasteiger partial charge in [-0.05, 0) is 49.4 Å². The minimum Gasteiger partial charge on any atom is -0.507 e. The van der Waals surface area contributed by atoms with E-state index in [0.29, 0.717) is 10.6 Å². The number of nitrogens with zero attached hydrogens (tertiary/aromatic N) is 2. The molecule has 0 amide bonds. The van der Waals surface area contributed by atoms with Crippen molar-refractivity contribution in [3.8, 4) is 5.75 Å². The Morgan fingerprint density at radius 1 is 1.17 bits per heavy atom. The lowest BCUT2D eigenvalue weighted by Crippen LogP contribution is -3.14. The Bertz CT molecular complexity index is 707. The van der Waals surface area contributed by atoms with Gasteiger partial charge in [0.05, 0.1) is 38.4 Å². The van der Waals surface area contributed by atoms with E-state index in [2.05, 4.69) is 28.9 Å². The molecule has 0 atom stereocenters. The molecule has 0 saturated carbocycles. The molecule has 2 aromatic rings. The number of quaternary nitrogens is 1. The SMILES string of the molecule is CC[NH+]1CCN(c2ccc(N=Cc3cc(Cl)ccc3O)cc2)CC1. The topological polar surface area (TPSA) is 40.3 Å². The normalized spacial score (nSPS) is 16.0. The van der Waals surface area contributed by atoms with Gasteiger partial charge in [0.25, 0.3) is 0 Å². The number of benzene rings is 2. The minimum atomic E-state index is 0.177. The largest absolute Gasteiger partial charge is 0.507 e. The van der Waals surface area contributed by atoms with Gasteiger partial charge in [0.2, 0.25) is 0 Å². The van der Waals surface area contributed by atoms with Gasteiger partial charge in [0, 0.05) is 22.5 Å². The first kappa shape index (κ1) is 16.8. The molecule has 3 rings (SSSR count). The number of halogens is 1. The molecule has 0 aliphatic carbocycles. The molecule has 24 heavy (non-hydrogen) atoms. The van der Waals surface area contributed by atoms with Crippen LogP contribution < -0.4 is 9.80 Å². The van der Waals surface area contributed by atoms with Gasteiger partial charge < -0.3 is 14.9 Å². The standard InChI is InChI=1S/C19H22ClN3O/c1-2-22-9-11-23(12-10-22)18-6-4-17(5-7-18)21-14-15-13-16(20)3-8-19(15)24/h3-8,13-14,24H,2,9-12H2,1H3/p+1. The average Bonchev–Trinajstić information content (AvgIpc) is 2.63. The number of phenols is 1. The van der Waals surface area contributed by atoms with Gasteiger partial charge in [0.15, 0.2) is 0 Å². The number of hydrogen-bond acceptors (Lipinski definition) is 3. The van der Waals surface area contributed by atoms with Crippen molar-refractivity contribution in [3.05, 3.63) is 53.1 Å². The summed E-state index contributed by atoms with van der Waals surface area (Å²) < 4.78 is 0. The monoisotopic (exact) mass is 344 g/mol. The molecular weight excluding hydrogens is 322 g/mol. The Kier molecular flexibility index (Phi) is 5.38. The van der Waals surface area contributed by atoms with Crippen molar-refractivity contribution in [1.82, 2.24) is 0 Å². The van der Waals surface area contributed by atoms with Crippen molar-refractivity contribution >= 4 is 29.2 Å². The number of aromatic hydroxyl groups is 1. The molecule has 2 aromatic carbocycles. The Labute approximate surface area is 148 Å². The van der Waals surface area contributed by atoms with Crippen molar-refractivity contribution < 1.29 is 10.0 Å². The molecule has 0 radical (unpaired) electrons. The average molecular weight is 345 g/mol. The van der Waals surface area contributed by atoms with Crippen LogP contribution in [0.2, 0.25) is 5.02 Å². The third-order valence-corrected chi connectivity index (χ3v) is 4.76. The molecule has 4 nitrogen and oxygen atoms in total. The molecule has 1 fully saturated rings. The molecule has 126 valence electrons. The second-order valence-corrected chi connectivity index (χ2v) is 6.50. The minimum absolute atomic E-state index is 0.177. The lowest BCUT2D eigenvalue weighted by Gasteiger charge is -2.33. The highest BCUT2D eigenvalue weighted by molar-refractivity contribution is 6.30. The van der Waals surface area contributed by atoms with E-state index in [0.717, 1.165) is 18.8 Å². The Balaban J connectivity index is 1.66. The third-order valence-electron chi connectivity index (χ3n) is 4.53. The molecule has 5 heteroatoms. The zero-order valence-corrected chi connectivity index (χ0v) is 14.6. The van der Waals surface area contributed by atoms with Gasteiger partial charge in [-0.3, -0.25) is 4.99 Å². The van der Waals surface area contributed by atoms with E-state index in [1.54, 1.807) is 29.3 Å². The fraction of sp³-hybridized carbons (Fsp3) is 0.316. The summed E-state index contributed by atoms with van der Waals surface area (Å²) in [5.41, 5.74) is 2.72. The van der Waals surface area contributed by atoms with E-state index in [9.17, 15) is 5.11 Å². The van der Waals surface area contributed by atoms with Crippen LogP contribution in [-0.2, 0) is 0 Å². The van der Waals surface area contributed by atoms with Crippen LogP contribution in [0.3, 0.4) is 0 Å². The molecular formula is C19H23ClN3O+. The summed E-state index contributed by atoms with van der Waals surface area (Å²) in [4.78, 5) is 8.52. The van der Waals surface area contributed by atoms with Crippen LogP contribution in [0.15, 0.2) is 47.5 Å². The summed E-state index contributed by atoms with van der Waals surface area (Å²) in [6.45, 7) is 8.05. The second kappa shape index (κ2) is 7.69. The van der Waals surface area contributed by atoms with Gasteiger partial charge >= 0.3 is 0 Å². The first-order chi connectivity index (χ1) is 11.7. The summed E-state index contributed by atoms with van der Waals surface area (Å²) in [5.74, 6) is 0.177. The zero-order valence-electron chi connectivity index (χ0n) is 13.9. The number of hydrogen-bond donors (Lipinski definition) is 2. The fourth-order valence-corrected chi connectivity index (χ4v) is 3.14. The van der Waals surface area contributed by atoms with E-state index in [-0.39, 0.29) is 5.75 Å². The maximum atomic E-state index is 9.81. The number of aliphatic imine (C=N–C) groups is 1. The highest BCUT2D eigenvalue weighted by atomic mass is 35.5. The number of likely N-dealkylation sites (N-methyl/N-ethyl adjacent to an activating group) is 1. The molecule has 1 aliphatic rings. The Morgan fingerprint density at radius 3 is 2.54 bits per heavy atom. The van der Waals surface area contributed by atoms with Crippen molar-refractivity contribution in [3.63, 3.8) is 0 Å². The number of phenolic OH excluding ortho intramolecular Hbond substituents is 1. The van der Waals surface area contributed by atoms with E-state index in [1.807, 2.05) is 12.1 Å². The molecule has 2 N–H and O–H groups in total. The molecule has 0 unspecified atom stereocenters. The van der Waals surface area contributed by atoms with Crippen LogP contribution in [0, 0.1) is 0 Å². The van der Waals surface area contributed by atoms with Gasteiger partial charge in [-0.1, -0.05) is 11.6 Å². The Morgan fingerprint density at radius 2 is 1.88 bits per heavy atom. The second-order valence-electron chi connectivity index (χ2n) is 6.07. The quantitative estimate of drug-likeness (QED) is 0.837. The summed E-state index contributed by atoms with van der Waals surface area (Å²) >= 11 is 5.95. The van der Waals surface area contributed by atoms with Crippen molar-refractivity contribution in [2.24, 2.45) is 4.99 Å². The first-order valence-corrected chi connectivity index (χ1v) is 8.74. The van der Waals surface area contributed by atoms with E-state index < -0.39 is 0 Å². The predicted molar refractivity (Wildman–Crippen MR) is 100 cm³/mol. The highest BCUT2D eigenvalue weighted by Crippen LogP contribution is 2.22. The lowest BCUT2D eigenvalue weighted by molar-refractivity contribution is -0.898. The van der Waals surface area contributed by atoms with Crippen molar-refractivity contribution in [1.29, 1.82) is 0 Å². The fourth-order valence-electron chi connectivity index (χ4n) is 2.96. The van der Waals surface area contributed by atoms with Crippen LogP contribution in [0.1, 0.15) is 12.5 Å². The molecule has 0 bridgehead atoms. The van der Waals surface area contributed by atoms with E-state index >= 15 is 0 Å². The van der Waals surface area contributed by atoms with Crippen LogP contribution >= 0.6 is 11.6 Å². The van der Waals surface area contributed by atoms with Crippen LogP contribution in [0.25, 0.3) is 0 Å². The highest BCUT2D eigenvalue weighted by Gasteiger charge is 2.18. The van der Waals surface area contributed by atoms with Gasteiger partial charge in [0.1, 0.15) is 5.75 Å². The van der Waals surface area contributed by atoms with E-state index in [4.69, 9.17) is 11.6 Å². The summed E-state index contributed by atoms with van der Waals surface area (Å²) in [6, 6.07) is 13.2. The summed E-state index contributed by atoms with van der Waals surface area (Å²) in [6.07, 6.45) is 1.64. The number of nitrogens with one attached hydrogen (secondary N) is 1. The van der Waals surface area contributed by atoms with E-state index in [1.165, 1.54) is 25.3 Å². The number of piperazine rings is 1. The smallest absolute Gasteiger partial charge is 0.124 e. The van der Waals surface area contributed by atoms with Gasteiger partial charge in [-0.25, -0.2) is 0 Å². The molecule has 1 saturated heterocycles. The third kappa shape index (κ3) is 4.08. The summed E-state index contributed by atoms with van der Waals surface area (Å²) in [5, 5.41) is 10.4. The van der Waals surface area contributed by atoms with Crippen molar-refractivity contribution in [2.75, 3.05) is 37.6 Å². The maximum Gasteiger partial charge on any atom is 0.124 e. The molecule has 1 aliphatic heterocycles. The predicted octanol–water partition coefficient (Wildman–Crippen LogP) is 2.52. The molecule has 1 heterocycles. The van der Waals surface area contributed by atoms with Gasteiger partial charge in [-0.2, -0.15) is 0 Å². The van der Waals surface area contributed by atoms with Crippen LogP contribution in [-0.4, -0.2) is 44.0 Å². The number of anilines is 1. The van der Waals surface area contributed by atoms with Crippen molar-refractivity contribution in [2.45, 2.75) is 6.92 Å². The molecule has 0 aromatic heterocycles. The zero-order chi connectivity index (χ0) is 16.9. The van der Waals surface area contributed by atoms with Crippen LogP contribution in [0.5, 0.6) is 5.75 Å². The summed E-state index contributed by atoms with van der Waals surface area (Å²) in [7, 11) is 0. The molecule has 0 spiro atoms. The lowest BCUT2D eigenvalue weighted by atomic mass is 10.2. The maximum absolute atomic E-state index is 9.81. The Hall–Kier alpha value is -2.04. The first-order valence-electron chi connectivity index (χ1n) is 8.37. The van der Waals surface area contributed by atoms with Crippen LogP contribution in [0.4, 0.5) is 11.4 Å². The van der Waals surface area contributed by atoms with Gasteiger partial charge in [-0.15, -0.1) is 0 Å².